The minimum absolute atomic E-state index is 0.276. The van der Waals surface area contributed by atoms with Gasteiger partial charge in [0.1, 0.15) is 5.82 Å². The first kappa shape index (κ1) is 14.3. The molecule has 5 nitrogen and oxygen atoms in total. The molecule has 1 aliphatic heterocycles. The van der Waals surface area contributed by atoms with Gasteiger partial charge in [0, 0.05) is 27.5 Å². The summed E-state index contributed by atoms with van der Waals surface area (Å²) in [5.41, 5.74) is 0.276. The van der Waals surface area contributed by atoms with E-state index in [0.717, 1.165) is 35.8 Å². The van der Waals surface area contributed by atoms with Crippen LogP contribution in [0.25, 0.3) is 10.8 Å². The highest BCUT2D eigenvalue weighted by Crippen LogP contribution is 2.31. The van der Waals surface area contributed by atoms with E-state index in [9.17, 15) is 9.90 Å². The molecule has 21 heavy (non-hydrogen) atoms. The van der Waals surface area contributed by atoms with Crippen LogP contribution >= 0.6 is 15.9 Å². The maximum absolute atomic E-state index is 11.5. The summed E-state index contributed by atoms with van der Waals surface area (Å²) in [7, 11) is 0. The van der Waals surface area contributed by atoms with Crippen molar-refractivity contribution in [2.45, 2.75) is 18.9 Å². The third-order valence-corrected chi connectivity index (χ3v) is 4.41. The van der Waals surface area contributed by atoms with Crippen molar-refractivity contribution in [3.63, 3.8) is 0 Å². The van der Waals surface area contributed by atoms with Crippen molar-refractivity contribution in [1.82, 2.24) is 10.3 Å². The number of fused-ring (bicyclic) bond motifs is 1. The number of nitrogens with one attached hydrogen (secondary N) is 2. The highest BCUT2D eigenvalue weighted by atomic mass is 79.9. The van der Waals surface area contributed by atoms with Gasteiger partial charge < -0.3 is 15.7 Å². The molecule has 6 heteroatoms. The topological polar surface area (TPSA) is 74.2 Å². The average Bonchev–Trinajstić information content (AvgIpc) is 2.50. The van der Waals surface area contributed by atoms with Crippen LogP contribution in [0.1, 0.15) is 23.2 Å². The zero-order valence-electron chi connectivity index (χ0n) is 11.4. The van der Waals surface area contributed by atoms with Gasteiger partial charge in [0.2, 0.25) is 0 Å². The molecule has 110 valence electrons. The second-order valence-electron chi connectivity index (χ2n) is 5.16. The minimum Gasteiger partial charge on any atom is -0.478 e. The van der Waals surface area contributed by atoms with Crippen molar-refractivity contribution in [1.29, 1.82) is 0 Å². The van der Waals surface area contributed by atoms with Gasteiger partial charge in [-0.3, -0.25) is 0 Å². The van der Waals surface area contributed by atoms with E-state index in [-0.39, 0.29) is 5.56 Å². The van der Waals surface area contributed by atoms with Gasteiger partial charge >= 0.3 is 5.97 Å². The Hall–Kier alpha value is -1.66. The van der Waals surface area contributed by atoms with Crippen molar-refractivity contribution >= 4 is 38.5 Å². The SMILES string of the molecule is O=C(O)c1cccc2c(Br)cnc(NC3CCNCC3)c12. The lowest BCUT2D eigenvalue weighted by Crippen LogP contribution is -2.35. The van der Waals surface area contributed by atoms with Crippen LogP contribution in [0.3, 0.4) is 0 Å². The van der Waals surface area contributed by atoms with Gasteiger partial charge in [-0.05, 0) is 47.9 Å². The summed E-state index contributed by atoms with van der Waals surface area (Å²) in [6.45, 7) is 1.94. The Balaban J connectivity index is 2.08. The fraction of sp³-hybridized carbons (Fsp3) is 0.333. The van der Waals surface area contributed by atoms with E-state index >= 15 is 0 Å². The van der Waals surface area contributed by atoms with Crippen LogP contribution < -0.4 is 10.6 Å². The van der Waals surface area contributed by atoms with E-state index in [4.69, 9.17) is 0 Å². The fourth-order valence-corrected chi connectivity index (χ4v) is 3.14. The molecule has 1 aromatic carbocycles. The molecule has 2 heterocycles. The number of piperidine rings is 1. The predicted molar refractivity (Wildman–Crippen MR) is 85.9 cm³/mol. The molecule has 0 saturated carbocycles. The maximum Gasteiger partial charge on any atom is 0.336 e. The number of hydrogen-bond donors (Lipinski definition) is 3. The number of aromatic carboxylic acids is 1. The van der Waals surface area contributed by atoms with Crippen molar-refractivity contribution in [3.05, 3.63) is 34.4 Å². The Morgan fingerprint density at radius 3 is 2.86 bits per heavy atom. The predicted octanol–water partition coefficient (Wildman–Crippen LogP) is 2.86. The van der Waals surface area contributed by atoms with Gasteiger partial charge in [0.25, 0.3) is 0 Å². The summed E-state index contributed by atoms with van der Waals surface area (Å²) in [4.78, 5) is 15.9. The molecule has 0 bridgehead atoms. The number of pyridine rings is 1. The van der Waals surface area contributed by atoms with Crippen molar-refractivity contribution in [3.8, 4) is 0 Å². The fourth-order valence-electron chi connectivity index (χ4n) is 2.71. The molecule has 1 saturated heterocycles. The molecular weight excluding hydrogens is 334 g/mol. The van der Waals surface area contributed by atoms with Crippen LogP contribution in [0.15, 0.2) is 28.9 Å². The molecule has 2 aromatic rings. The number of carboxylic acids is 1. The van der Waals surface area contributed by atoms with E-state index in [1.807, 2.05) is 6.07 Å². The number of aromatic nitrogens is 1. The second kappa shape index (κ2) is 5.99. The maximum atomic E-state index is 11.5. The molecule has 0 spiro atoms. The number of rotatable bonds is 3. The van der Waals surface area contributed by atoms with E-state index in [1.165, 1.54) is 0 Å². The number of anilines is 1. The summed E-state index contributed by atoms with van der Waals surface area (Å²) in [6.07, 6.45) is 3.74. The van der Waals surface area contributed by atoms with Gasteiger partial charge in [-0.15, -0.1) is 0 Å². The summed E-state index contributed by atoms with van der Waals surface area (Å²) in [5, 5.41) is 17.7. The normalized spacial score (nSPS) is 16.0. The van der Waals surface area contributed by atoms with Crippen LogP contribution in [0, 0.1) is 0 Å². The average molecular weight is 350 g/mol. The highest BCUT2D eigenvalue weighted by molar-refractivity contribution is 9.10. The molecule has 0 radical (unpaired) electrons. The standard InChI is InChI=1S/C15H16BrN3O2/c16-12-8-18-14(19-9-4-6-17-7-5-9)13-10(12)2-1-3-11(13)15(20)21/h1-3,8-9,17H,4-7H2,(H,18,19)(H,20,21). The molecule has 0 amide bonds. The second-order valence-corrected chi connectivity index (χ2v) is 6.01. The molecule has 1 aliphatic rings. The monoisotopic (exact) mass is 349 g/mol. The van der Waals surface area contributed by atoms with Gasteiger partial charge in [0.05, 0.1) is 5.56 Å². The number of benzene rings is 1. The van der Waals surface area contributed by atoms with E-state index < -0.39 is 5.97 Å². The van der Waals surface area contributed by atoms with Gasteiger partial charge in [0.15, 0.2) is 0 Å². The van der Waals surface area contributed by atoms with Crippen molar-refractivity contribution < 1.29 is 9.90 Å². The highest BCUT2D eigenvalue weighted by Gasteiger charge is 2.18. The number of carbonyl (C=O) groups is 1. The summed E-state index contributed by atoms with van der Waals surface area (Å²) < 4.78 is 0.802. The van der Waals surface area contributed by atoms with Crippen LogP contribution in [0.4, 0.5) is 5.82 Å². The van der Waals surface area contributed by atoms with E-state index in [2.05, 4.69) is 31.5 Å². The Morgan fingerprint density at radius 1 is 1.38 bits per heavy atom. The molecule has 3 N–H and O–H groups in total. The molecule has 0 unspecified atom stereocenters. The third kappa shape index (κ3) is 2.87. The number of nitrogens with zero attached hydrogens (tertiary/aromatic N) is 1. The first-order valence-electron chi connectivity index (χ1n) is 6.94. The minimum atomic E-state index is -0.936. The Bertz CT molecular complexity index is 684. The van der Waals surface area contributed by atoms with Gasteiger partial charge in [-0.2, -0.15) is 0 Å². The lowest BCUT2D eigenvalue weighted by atomic mass is 10.0. The van der Waals surface area contributed by atoms with Crippen LogP contribution in [0.2, 0.25) is 0 Å². The number of halogens is 1. The number of carboxylic acid groups (broad SMARTS) is 1. The smallest absolute Gasteiger partial charge is 0.336 e. The Kier molecular flexibility index (Phi) is 4.07. The van der Waals surface area contributed by atoms with Gasteiger partial charge in [-0.25, -0.2) is 9.78 Å². The molecule has 1 fully saturated rings. The van der Waals surface area contributed by atoms with Gasteiger partial charge in [-0.1, -0.05) is 12.1 Å². The zero-order chi connectivity index (χ0) is 14.8. The first-order chi connectivity index (χ1) is 10.2. The molecule has 0 aliphatic carbocycles. The van der Waals surface area contributed by atoms with E-state index in [0.29, 0.717) is 17.2 Å². The van der Waals surface area contributed by atoms with Crippen molar-refractivity contribution in [2.24, 2.45) is 0 Å². The Labute approximate surface area is 130 Å². The largest absolute Gasteiger partial charge is 0.478 e. The van der Waals surface area contributed by atoms with Crippen LogP contribution in [-0.4, -0.2) is 35.2 Å². The summed E-state index contributed by atoms with van der Waals surface area (Å²) >= 11 is 3.45. The molecule has 3 rings (SSSR count). The zero-order valence-corrected chi connectivity index (χ0v) is 13.0. The summed E-state index contributed by atoms with van der Waals surface area (Å²) in [6, 6.07) is 5.60. The number of hydrogen-bond acceptors (Lipinski definition) is 4. The summed E-state index contributed by atoms with van der Waals surface area (Å²) in [5.74, 6) is -0.285. The molecule has 1 aromatic heterocycles. The molecular formula is C15H16BrN3O2. The lowest BCUT2D eigenvalue weighted by molar-refractivity contribution is 0.0699. The first-order valence-corrected chi connectivity index (χ1v) is 7.74. The van der Waals surface area contributed by atoms with Crippen LogP contribution in [-0.2, 0) is 0 Å². The lowest BCUT2D eigenvalue weighted by Gasteiger charge is -2.25. The molecule has 0 atom stereocenters. The van der Waals surface area contributed by atoms with E-state index in [1.54, 1.807) is 18.3 Å². The quantitative estimate of drug-likeness (QED) is 0.794. The van der Waals surface area contributed by atoms with Crippen LogP contribution in [0.5, 0.6) is 0 Å². The Morgan fingerprint density at radius 2 is 2.14 bits per heavy atom. The third-order valence-electron chi connectivity index (χ3n) is 3.78. The van der Waals surface area contributed by atoms with Crippen molar-refractivity contribution in [2.75, 3.05) is 18.4 Å².